The van der Waals surface area contributed by atoms with Crippen LogP contribution < -0.4 is 36.0 Å². The first kappa shape index (κ1) is 69.0. The molecule has 19 nitrogen and oxygen atoms in total. The molecule has 6 aliphatic rings. The summed E-state index contributed by atoms with van der Waals surface area (Å²) in [4.78, 5) is 50.7. The zero-order chi connectivity index (χ0) is 68.6. The number of nitrogens with zero attached hydrogens (tertiary/aromatic N) is 11. The second-order valence-corrected chi connectivity index (χ2v) is 26.3. The molecule has 0 bridgehead atoms. The van der Waals surface area contributed by atoms with Crippen LogP contribution >= 0.6 is 69.6 Å². The second kappa shape index (κ2) is 31.3. The van der Waals surface area contributed by atoms with Crippen molar-refractivity contribution in [3.05, 3.63) is 263 Å². The Morgan fingerprint density at radius 1 is 0.388 bits per heavy atom. The van der Waals surface area contributed by atoms with E-state index in [4.69, 9.17) is 74.3 Å². The lowest BCUT2D eigenvalue weighted by atomic mass is 9.94. The summed E-state index contributed by atoms with van der Waals surface area (Å²) >= 11 is 38.3. The SMILES string of the molecule is CC1=C(C(=O)N2CCN(c3ccccc3)CC2)C(c2cccc(Cl)c2Cl)n2nccc2N1.CC1=C(C(=O)N2CCN(c3ccccc3)CC2)C(c2cccc(Cl)c2Cl)n2nccc2N1.COC(=O)C1=C(C)Nc2ccnn2C1c1cccc(Cl)c1Cl.c1ccc(N2CCNCC2)cc1. The predicted octanol–water partition coefficient (Wildman–Crippen LogP) is 14.4. The molecular weight excluding hydrogens is 1360 g/mol. The number of methoxy groups -OCH3 is 1. The fourth-order valence-corrected chi connectivity index (χ4v) is 14.4. The van der Waals surface area contributed by atoms with Gasteiger partial charge in [-0.1, -0.05) is 161 Å². The van der Waals surface area contributed by atoms with E-state index in [2.05, 4.69) is 106 Å². The van der Waals surface area contributed by atoms with E-state index in [1.165, 1.54) is 24.2 Å². The Morgan fingerprint density at radius 3 is 1.02 bits per heavy atom. The third-order valence-corrected chi connectivity index (χ3v) is 20.5. The van der Waals surface area contributed by atoms with Gasteiger partial charge in [-0.05, 0) is 75.4 Å². The number of halogens is 6. The quantitative estimate of drug-likeness (QED) is 0.100. The summed E-state index contributed by atoms with van der Waals surface area (Å²) in [6.45, 7) is 15.8. The van der Waals surface area contributed by atoms with Crippen LogP contribution in [0.5, 0.6) is 0 Å². The largest absolute Gasteiger partial charge is 0.466 e. The van der Waals surface area contributed by atoms with Crippen LogP contribution in [0.25, 0.3) is 0 Å². The Bertz CT molecular complexity index is 4240. The molecule has 3 saturated heterocycles. The molecule has 3 fully saturated rings. The number of aromatic nitrogens is 6. The maximum Gasteiger partial charge on any atom is 0.338 e. The number of para-hydroxylation sites is 3. The van der Waals surface area contributed by atoms with Gasteiger partial charge in [0.2, 0.25) is 0 Å². The number of piperazine rings is 3. The van der Waals surface area contributed by atoms with Gasteiger partial charge in [-0.25, -0.2) is 18.8 Å². The van der Waals surface area contributed by atoms with Gasteiger partial charge in [-0.3, -0.25) is 9.59 Å². The number of esters is 1. The van der Waals surface area contributed by atoms with Gasteiger partial charge in [0.25, 0.3) is 11.8 Å². The Balaban J connectivity index is 0.000000131. The van der Waals surface area contributed by atoms with Crippen LogP contribution in [0.15, 0.2) is 216 Å². The minimum absolute atomic E-state index is 0.00935. The molecule has 3 unspecified atom stereocenters. The number of rotatable bonds is 9. The zero-order valence-corrected chi connectivity index (χ0v) is 58.9. The number of benzene rings is 6. The predicted molar refractivity (Wildman–Crippen MR) is 393 cm³/mol. The first-order valence-corrected chi connectivity index (χ1v) is 34.5. The van der Waals surface area contributed by atoms with Crippen molar-refractivity contribution >= 4 is 122 Å². The summed E-state index contributed by atoms with van der Waals surface area (Å²) in [5, 5.41) is 29.0. The molecule has 2 amide bonds. The van der Waals surface area contributed by atoms with E-state index in [0.29, 0.717) is 84.3 Å². The molecule has 0 spiro atoms. The van der Waals surface area contributed by atoms with Gasteiger partial charge in [0, 0.05) is 148 Å². The van der Waals surface area contributed by atoms with Crippen LogP contribution in [0.2, 0.25) is 30.1 Å². The third-order valence-electron chi connectivity index (χ3n) is 18.0. The number of allylic oxidation sites excluding steroid dienone is 3. The zero-order valence-electron chi connectivity index (χ0n) is 54.4. The van der Waals surface area contributed by atoms with Gasteiger partial charge in [0.1, 0.15) is 35.6 Å². The number of carbonyl (C=O) groups is 3. The standard InChI is InChI=1S/2C24H23Cl2N5O.C15H13Cl2N3O2.C10H14N2/c2*1-16-21(24(32)30-14-12-29(13-15-30)17-6-3-2-4-7-17)23(31-20(28-16)10-11-27-31)18-8-5-9-19(25)22(18)26;1-8-12(15(21)22-2)14(20-11(19-8)6-7-18-20)9-4-3-5-10(16)13(9)17;1-2-4-10(5-3-1)12-8-6-11-7-9-12/h2*2-11,23,28H,12-15H2,1H3;3-7,14,19H,1-2H3;1-5,11H,6-9H2. The van der Waals surface area contributed by atoms with Gasteiger partial charge in [-0.2, -0.15) is 15.3 Å². The molecule has 25 heteroatoms. The van der Waals surface area contributed by atoms with Crippen LogP contribution in [0, 0.1) is 0 Å². The van der Waals surface area contributed by atoms with Crippen LogP contribution in [0.3, 0.4) is 0 Å². The van der Waals surface area contributed by atoms with Gasteiger partial charge in [0.15, 0.2) is 0 Å². The molecule has 0 aliphatic carbocycles. The lowest BCUT2D eigenvalue weighted by Crippen LogP contribution is -2.50. The topological polar surface area (TPSA) is 178 Å². The summed E-state index contributed by atoms with van der Waals surface area (Å²) in [6, 6.07) is 51.7. The molecule has 98 heavy (non-hydrogen) atoms. The van der Waals surface area contributed by atoms with Crippen LogP contribution in [0.1, 0.15) is 55.6 Å². The van der Waals surface area contributed by atoms with E-state index >= 15 is 0 Å². The normalized spacial score (nSPS) is 18.0. The Hall–Kier alpha value is -8.92. The van der Waals surface area contributed by atoms with E-state index < -0.39 is 24.1 Å². The Labute approximate surface area is 599 Å². The maximum absolute atomic E-state index is 13.8. The lowest BCUT2D eigenvalue weighted by molar-refractivity contribution is -0.136. The number of amides is 2. The van der Waals surface area contributed by atoms with E-state index in [1.54, 1.807) is 56.9 Å². The van der Waals surface area contributed by atoms with Gasteiger partial charge >= 0.3 is 5.97 Å². The molecule has 6 aliphatic heterocycles. The van der Waals surface area contributed by atoms with Gasteiger partial charge in [-0.15, -0.1) is 0 Å². The molecule has 15 rings (SSSR count). The minimum Gasteiger partial charge on any atom is -0.466 e. The monoisotopic (exact) mass is 1430 g/mol. The van der Waals surface area contributed by atoms with E-state index in [0.717, 1.165) is 92.3 Å². The summed E-state index contributed by atoms with van der Waals surface area (Å²) in [7, 11) is 1.35. The third kappa shape index (κ3) is 14.8. The number of hydrogen-bond donors (Lipinski definition) is 4. The van der Waals surface area contributed by atoms with Gasteiger partial charge < -0.3 is 50.5 Å². The van der Waals surface area contributed by atoms with Crippen molar-refractivity contribution in [2.45, 2.75) is 38.9 Å². The average molecular weight is 1440 g/mol. The number of hydrogen-bond acceptors (Lipinski definition) is 14. The van der Waals surface area contributed by atoms with Crippen molar-refractivity contribution in [3.63, 3.8) is 0 Å². The first-order valence-electron chi connectivity index (χ1n) is 32.2. The minimum atomic E-state index is -0.495. The van der Waals surface area contributed by atoms with E-state index in [1.807, 2.05) is 116 Å². The van der Waals surface area contributed by atoms with Gasteiger partial charge in [0.05, 0.1) is 72.6 Å². The van der Waals surface area contributed by atoms with Crippen molar-refractivity contribution < 1.29 is 19.1 Å². The molecule has 6 aromatic carbocycles. The van der Waals surface area contributed by atoms with E-state index in [-0.39, 0.29) is 11.8 Å². The van der Waals surface area contributed by atoms with Crippen molar-refractivity contribution in [1.82, 2.24) is 44.5 Å². The highest BCUT2D eigenvalue weighted by Crippen LogP contribution is 2.45. The van der Waals surface area contributed by atoms with Crippen molar-refractivity contribution in [2.75, 3.05) is 116 Å². The number of fused-ring (bicyclic) bond motifs is 3. The summed E-state index contributed by atoms with van der Waals surface area (Å²) < 4.78 is 10.2. The van der Waals surface area contributed by atoms with Crippen molar-refractivity contribution in [3.8, 4) is 0 Å². The number of carbonyl (C=O) groups excluding carboxylic acids is 3. The van der Waals surface area contributed by atoms with Crippen LogP contribution in [-0.2, 0) is 19.1 Å². The number of anilines is 6. The average Bonchev–Trinajstić information content (AvgIpc) is 1.40. The highest BCUT2D eigenvalue weighted by Gasteiger charge is 2.40. The number of ether oxygens (including phenoxy) is 1. The molecular formula is C73H73Cl6N15O4. The highest BCUT2D eigenvalue weighted by molar-refractivity contribution is 6.43. The maximum atomic E-state index is 13.8. The van der Waals surface area contributed by atoms with E-state index in [9.17, 15) is 14.4 Å². The molecule has 4 N–H and O–H groups in total. The molecule has 3 aromatic heterocycles. The Morgan fingerprint density at radius 2 is 0.694 bits per heavy atom. The number of nitrogens with one attached hydrogen (secondary N) is 4. The molecule has 506 valence electrons. The second-order valence-electron chi connectivity index (χ2n) is 23.9. The molecule has 0 saturated carbocycles. The fraction of sp³-hybridized carbons (Fsp3) is 0.260. The first-order chi connectivity index (χ1) is 47.6. The summed E-state index contributed by atoms with van der Waals surface area (Å²) in [5.41, 5.74) is 9.94. The molecule has 9 aromatic rings. The fourth-order valence-electron chi connectivity index (χ4n) is 13.1. The van der Waals surface area contributed by atoms with Crippen LogP contribution in [-0.4, -0.2) is 143 Å². The molecule has 3 atom stereocenters. The lowest BCUT2D eigenvalue weighted by Gasteiger charge is -2.38. The molecule has 0 radical (unpaired) electrons. The Kier molecular flexibility index (Phi) is 22.0. The van der Waals surface area contributed by atoms with Crippen molar-refractivity contribution in [1.29, 1.82) is 0 Å². The smallest absolute Gasteiger partial charge is 0.338 e. The summed E-state index contributed by atoms with van der Waals surface area (Å²) in [5.74, 6) is 1.94. The summed E-state index contributed by atoms with van der Waals surface area (Å²) in [6.07, 6.45) is 5.08. The molecule has 9 heterocycles. The van der Waals surface area contributed by atoms with Crippen LogP contribution in [0.4, 0.5) is 34.5 Å². The van der Waals surface area contributed by atoms with Crippen molar-refractivity contribution in [2.24, 2.45) is 0 Å². The highest BCUT2D eigenvalue weighted by atomic mass is 35.5.